The van der Waals surface area contributed by atoms with Crippen molar-refractivity contribution in [2.24, 2.45) is 0 Å². The molecule has 0 amide bonds. The van der Waals surface area contributed by atoms with Crippen LogP contribution in [0.4, 0.5) is 0 Å². The van der Waals surface area contributed by atoms with Gasteiger partial charge in [0.2, 0.25) is 0 Å². The van der Waals surface area contributed by atoms with Crippen LogP contribution >= 0.6 is 15.9 Å². The van der Waals surface area contributed by atoms with E-state index in [0.29, 0.717) is 18.8 Å². The van der Waals surface area contributed by atoms with Crippen LogP contribution in [0.2, 0.25) is 0 Å². The van der Waals surface area contributed by atoms with Gasteiger partial charge in [-0.1, -0.05) is 35.0 Å². The number of hydrogen-bond donors (Lipinski definition) is 1. The fraction of sp³-hybridized carbons (Fsp3) is 0.312. The summed E-state index contributed by atoms with van der Waals surface area (Å²) in [5, 5.41) is 10.3. The fourth-order valence-corrected chi connectivity index (χ4v) is 2.14. The molecule has 0 aliphatic carbocycles. The van der Waals surface area contributed by atoms with Gasteiger partial charge in [0.15, 0.2) is 0 Å². The van der Waals surface area contributed by atoms with Gasteiger partial charge >= 0.3 is 0 Å². The van der Waals surface area contributed by atoms with Crippen LogP contribution in [0.5, 0.6) is 5.75 Å². The fourth-order valence-electron chi connectivity index (χ4n) is 1.88. The lowest BCUT2D eigenvalue weighted by molar-refractivity contribution is 0.177. The van der Waals surface area contributed by atoms with Gasteiger partial charge in [-0.15, -0.1) is 0 Å². The van der Waals surface area contributed by atoms with E-state index in [4.69, 9.17) is 4.74 Å². The summed E-state index contributed by atoms with van der Waals surface area (Å²) in [5.74, 6) is 0.708. The average Bonchev–Trinajstić information content (AvgIpc) is 2.48. The molecular formula is C16H18BrNO2. The van der Waals surface area contributed by atoms with Crippen LogP contribution in [0.15, 0.2) is 47.2 Å². The number of benzene rings is 1. The van der Waals surface area contributed by atoms with Crippen LogP contribution in [-0.2, 0) is 6.42 Å². The van der Waals surface area contributed by atoms with Crippen molar-refractivity contribution in [2.75, 3.05) is 6.61 Å². The molecule has 0 fully saturated rings. The van der Waals surface area contributed by atoms with Crippen LogP contribution < -0.4 is 4.74 Å². The van der Waals surface area contributed by atoms with Crippen LogP contribution in [0.1, 0.15) is 30.6 Å². The molecule has 20 heavy (non-hydrogen) atoms. The summed E-state index contributed by atoms with van der Waals surface area (Å²) in [5.41, 5.74) is 1.86. The highest BCUT2D eigenvalue weighted by molar-refractivity contribution is 9.10. The van der Waals surface area contributed by atoms with Gasteiger partial charge in [-0.3, -0.25) is 4.98 Å². The summed E-state index contributed by atoms with van der Waals surface area (Å²) in [6.07, 6.45) is 4.29. The molecule has 0 spiro atoms. The lowest BCUT2D eigenvalue weighted by Crippen LogP contribution is -2.03. The second-order valence-corrected chi connectivity index (χ2v) is 5.56. The Kier molecular flexibility index (Phi) is 5.56. The molecule has 0 aliphatic rings. The third-order valence-electron chi connectivity index (χ3n) is 2.93. The van der Waals surface area contributed by atoms with Crippen LogP contribution in [0.3, 0.4) is 0 Å². The number of aliphatic hydroxyl groups excluding tert-OH is 1. The van der Waals surface area contributed by atoms with Gasteiger partial charge in [-0.25, -0.2) is 0 Å². The third kappa shape index (κ3) is 4.32. The van der Waals surface area contributed by atoms with Crippen molar-refractivity contribution in [1.82, 2.24) is 4.98 Å². The maximum Gasteiger partial charge on any atom is 0.137 e. The first-order valence-corrected chi connectivity index (χ1v) is 7.48. The predicted octanol–water partition coefficient (Wildman–Crippen LogP) is 3.91. The Morgan fingerprint density at radius 2 is 2.00 bits per heavy atom. The smallest absolute Gasteiger partial charge is 0.137 e. The van der Waals surface area contributed by atoms with Crippen LogP contribution in [0, 0.1) is 0 Å². The Balaban J connectivity index is 2.04. The molecule has 0 saturated heterocycles. The quantitative estimate of drug-likeness (QED) is 0.870. The van der Waals surface area contributed by atoms with Gasteiger partial charge in [0, 0.05) is 22.7 Å². The van der Waals surface area contributed by atoms with E-state index in [2.05, 4.69) is 27.8 Å². The third-order valence-corrected chi connectivity index (χ3v) is 3.46. The standard InChI is InChI=1S/C16H18BrNO2/c1-2-7-20-15-9-13(10-18-11-15)16(19)8-12-3-5-14(17)6-4-12/h3-6,9-11,16,19H,2,7-8H2,1H3. The first-order valence-electron chi connectivity index (χ1n) is 6.69. The number of aliphatic hydroxyl groups is 1. The molecule has 0 bridgehead atoms. The molecule has 106 valence electrons. The maximum atomic E-state index is 10.3. The summed E-state index contributed by atoms with van der Waals surface area (Å²) in [7, 11) is 0. The van der Waals surface area contributed by atoms with Gasteiger partial charge in [0.25, 0.3) is 0 Å². The molecule has 0 radical (unpaired) electrons. The number of rotatable bonds is 6. The van der Waals surface area contributed by atoms with Crippen molar-refractivity contribution in [2.45, 2.75) is 25.9 Å². The largest absolute Gasteiger partial charge is 0.492 e. The summed E-state index contributed by atoms with van der Waals surface area (Å²) >= 11 is 3.40. The molecule has 3 nitrogen and oxygen atoms in total. The Labute approximate surface area is 127 Å². The minimum atomic E-state index is -0.575. The Hall–Kier alpha value is -1.39. The zero-order valence-corrected chi connectivity index (χ0v) is 13.0. The number of ether oxygens (including phenoxy) is 1. The van der Waals surface area contributed by atoms with Crippen LogP contribution in [-0.4, -0.2) is 16.7 Å². The van der Waals surface area contributed by atoms with E-state index in [1.54, 1.807) is 12.4 Å². The molecule has 1 aromatic carbocycles. The predicted molar refractivity (Wildman–Crippen MR) is 82.8 cm³/mol. The number of hydrogen-bond acceptors (Lipinski definition) is 3. The number of halogens is 1. The zero-order chi connectivity index (χ0) is 14.4. The number of pyridine rings is 1. The normalized spacial score (nSPS) is 12.2. The van der Waals surface area contributed by atoms with Gasteiger partial charge in [0.1, 0.15) is 5.75 Å². The van der Waals surface area contributed by atoms with Crippen molar-refractivity contribution in [3.05, 3.63) is 58.3 Å². The summed E-state index contributed by atoms with van der Waals surface area (Å²) < 4.78 is 6.57. The minimum absolute atomic E-state index is 0.562. The molecule has 2 rings (SSSR count). The molecule has 1 atom stereocenters. The number of aromatic nitrogens is 1. The molecule has 1 N–H and O–H groups in total. The van der Waals surface area contributed by atoms with Crippen molar-refractivity contribution >= 4 is 15.9 Å². The monoisotopic (exact) mass is 335 g/mol. The zero-order valence-electron chi connectivity index (χ0n) is 11.4. The molecule has 0 saturated carbocycles. The van der Waals surface area contributed by atoms with Crippen molar-refractivity contribution < 1.29 is 9.84 Å². The van der Waals surface area contributed by atoms with Crippen LogP contribution in [0.25, 0.3) is 0 Å². The molecule has 4 heteroatoms. The van der Waals surface area contributed by atoms with E-state index in [9.17, 15) is 5.11 Å². The van der Waals surface area contributed by atoms with Gasteiger partial charge in [-0.2, -0.15) is 0 Å². The lowest BCUT2D eigenvalue weighted by Gasteiger charge is -2.12. The first kappa shape index (κ1) is 15.0. The van der Waals surface area contributed by atoms with Gasteiger partial charge < -0.3 is 9.84 Å². The van der Waals surface area contributed by atoms with Gasteiger partial charge in [-0.05, 0) is 30.2 Å². The Morgan fingerprint density at radius 3 is 2.70 bits per heavy atom. The van der Waals surface area contributed by atoms with E-state index in [1.807, 2.05) is 30.3 Å². The van der Waals surface area contributed by atoms with Crippen molar-refractivity contribution in [1.29, 1.82) is 0 Å². The van der Waals surface area contributed by atoms with E-state index < -0.39 is 6.10 Å². The topological polar surface area (TPSA) is 42.4 Å². The molecule has 0 aliphatic heterocycles. The first-order chi connectivity index (χ1) is 9.69. The summed E-state index contributed by atoms with van der Waals surface area (Å²) in [4.78, 5) is 4.12. The second-order valence-electron chi connectivity index (χ2n) is 4.65. The minimum Gasteiger partial charge on any atom is -0.492 e. The summed E-state index contributed by atoms with van der Waals surface area (Å²) in [6.45, 7) is 2.72. The van der Waals surface area contributed by atoms with Gasteiger partial charge in [0.05, 0.1) is 18.9 Å². The molecule has 1 aromatic heterocycles. The highest BCUT2D eigenvalue weighted by atomic mass is 79.9. The molecule has 2 aromatic rings. The van der Waals surface area contributed by atoms with E-state index in [0.717, 1.165) is 22.0 Å². The average molecular weight is 336 g/mol. The van der Waals surface area contributed by atoms with E-state index >= 15 is 0 Å². The molecule has 1 heterocycles. The highest BCUT2D eigenvalue weighted by Gasteiger charge is 2.10. The SMILES string of the molecule is CCCOc1cncc(C(O)Cc2ccc(Br)cc2)c1. The lowest BCUT2D eigenvalue weighted by atomic mass is 10.0. The molecule has 1 unspecified atom stereocenters. The van der Waals surface area contributed by atoms with E-state index in [-0.39, 0.29) is 0 Å². The molecular weight excluding hydrogens is 318 g/mol. The summed E-state index contributed by atoms with van der Waals surface area (Å²) in [6, 6.07) is 9.80. The van der Waals surface area contributed by atoms with Crippen molar-refractivity contribution in [3.63, 3.8) is 0 Å². The Bertz CT molecular complexity index is 542. The Morgan fingerprint density at radius 1 is 1.25 bits per heavy atom. The van der Waals surface area contributed by atoms with Crippen molar-refractivity contribution in [3.8, 4) is 5.75 Å². The van der Waals surface area contributed by atoms with E-state index in [1.165, 1.54) is 0 Å². The highest BCUT2D eigenvalue weighted by Crippen LogP contribution is 2.22. The number of nitrogens with zero attached hydrogens (tertiary/aromatic N) is 1. The second kappa shape index (κ2) is 7.41. The maximum absolute atomic E-state index is 10.3.